The van der Waals surface area contributed by atoms with Gasteiger partial charge in [0.15, 0.2) is 0 Å². The Bertz CT molecular complexity index is 618. The summed E-state index contributed by atoms with van der Waals surface area (Å²) >= 11 is 0. The summed E-state index contributed by atoms with van der Waals surface area (Å²) in [5.41, 5.74) is 3.91. The number of aromatic nitrogens is 2. The Kier molecular flexibility index (Phi) is 3.03. The minimum absolute atomic E-state index is 0.664. The zero-order valence-corrected chi connectivity index (χ0v) is 12.2. The largest absolute Gasteiger partial charge is 0.331 e. The molecule has 1 aliphatic heterocycles. The van der Waals surface area contributed by atoms with Crippen LogP contribution in [0.25, 0.3) is 11.0 Å². The van der Waals surface area contributed by atoms with Crippen molar-refractivity contribution in [2.45, 2.75) is 50.5 Å². The van der Waals surface area contributed by atoms with Gasteiger partial charge in [0, 0.05) is 19.0 Å². The number of aryl methyl sites for hydroxylation is 1. The van der Waals surface area contributed by atoms with Gasteiger partial charge in [-0.05, 0) is 56.3 Å². The van der Waals surface area contributed by atoms with Crippen molar-refractivity contribution in [2.75, 3.05) is 6.54 Å². The van der Waals surface area contributed by atoms with Crippen molar-refractivity contribution in [3.05, 3.63) is 29.6 Å². The number of piperidine rings is 1. The first-order valence-corrected chi connectivity index (χ1v) is 8.00. The highest BCUT2D eigenvalue weighted by Gasteiger charge is 2.28. The second kappa shape index (κ2) is 4.88. The Morgan fingerprint density at radius 1 is 1.25 bits per heavy atom. The maximum absolute atomic E-state index is 4.81. The molecule has 1 saturated carbocycles. The topological polar surface area (TPSA) is 29.9 Å². The molecule has 2 aromatic rings. The van der Waals surface area contributed by atoms with E-state index in [1.165, 1.54) is 55.6 Å². The van der Waals surface area contributed by atoms with E-state index in [9.17, 15) is 0 Å². The summed E-state index contributed by atoms with van der Waals surface area (Å²) < 4.78 is 2.31. The van der Waals surface area contributed by atoms with Crippen molar-refractivity contribution in [1.29, 1.82) is 0 Å². The van der Waals surface area contributed by atoms with Crippen LogP contribution < -0.4 is 5.32 Å². The van der Waals surface area contributed by atoms with E-state index in [1.54, 1.807) is 0 Å². The minimum Gasteiger partial charge on any atom is -0.331 e. The molecule has 2 aliphatic rings. The molecular weight excluding hydrogens is 246 g/mol. The molecule has 1 N–H and O–H groups in total. The Hall–Kier alpha value is -1.35. The van der Waals surface area contributed by atoms with Crippen LogP contribution in [-0.4, -0.2) is 22.1 Å². The molecule has 0 spiro atoms. The number of fused-ring (bicyclic) bond motifs is 1. The molecule has 1 atom stereocenters. The molecule has 2 heterocycles. The molecule has 106 valence electrons. The van der Waals surface area contributed by atoms with Gasteiger partial charge in [-0.3, -0.25) is 0 Å². The van der Waals surface area contributed by atoms with E-state index in [4.69, 9.17) is 4.98 Å². The van der Waals surface area contributed by atoms with Crippen LogP contribution >= 0.6 is 0 Å². The monoisotopic (exact) mass is 269 g/mol. The SMILES string of the molecule is Cn1c(C2CC2)nc2ccc(CC3CCCCN3)cc21. The molecule has 0 bridgehead atoms. The third kappa shape index (κ3) is 2.24. The van der Waals surface area contributed by atoms with Gasteiger partial charge in [-0.15, -0.1) is 0 Å². The van der Waals surface area contributed by atoms with E-state index < -0.39 is 0 Å². The molecule has 0 radical (unpaired) electrons. The summed E-state index contributed by atoms with van der Waals surface area (Å²) in [5.74, 6) is 2.00. The molecule has 1 aromatic carbocycles. The van der Waals surface area contributed by atoms with Gasteiger partial charge in [0.05, 0.1) is 11.0 Å². The van der Waals surface area contributed by atoms with Crippen LogP contribution in [-0.2, 0) is 13.5 Å². The molecule has 3 nitrogen and oxygen atoms in total. The van der Waals surface area contributed by atoms with Gasteiger partial charge < -0.3 is 9.88 Å². The van der Waals surface area contributed by atoms with Crippen LogP contribution in [0.5, 0.6) is 0 Å². The zero-order chi connectivity index (χ0) is 13.5. The lowest BCUT2D eigenvalue weighted by Crippen LogP contribution is -2.35. The highest BCUT2D eigenvalue weighted by molar-refractivity contribution is 5.77. The summed E-state index contributed by atoms with van der Waals surface area (Å²) in [4.78, 5) is 4.81. The van der Waals surface area contributed by atoms with E-state index in [2.05, 4.69) is 35.1 Å². The normalized spacial score (nSPS) is 23.4. The van der Waals surface area contributed by atoms with Crippen LogP contribution in [0.2, 0.25) is 0 Å². The van der Waals surface area contributed by atoms with E-state index in [-0.39, 0.29) is 0 Å². The molecule has 3 heteroatoms. The van der Waals surface area contributed by atoms with Gasteiger partial charge in [-0.2, -0.15) is 0 Å². The number of imidazole rings is 1. The number of hydrogen-bond donors (Lipinski definition) is 1. The van der Waals surface area contributed by atoms with E-state index in [1.807, 2.05) is 0 Å². The van der Waals surface area contributed by atoms with Gasteiger partial charge >= 0.3 is 0 Å². The fourth-order valence-electron chi connectivity index (χ4n) is 3.47. The Labute approximate surface area is 120 Å². The van der Waals surface area contributed by atoms with Gasteiger partial charge in [-0.25, -0.2) is 4.98 Å². The van der Waals surface area contributed by atoms with Crippen LogP contribution in [0.4, 0.5) is 0 Å². The molecule has 1 aromatic heterocycles. The fraction of sp³-hybridized carbons (Fsp3) is 0.588. The number of rotatable bonds is 3. The molecule has 2 fully saturated rings. The van der Waals surface area contributed by atoms with Crippen LogP contribution in [0.1, 0.15) is 49.4 Å². The van der Waals surface area contributed by atoms with Crippen molar-refractivity contribution in [3.63, 3.8) is 0 Å². The Morgan fingerprint density at radius 3 is 2.90 bits per heavy atom. The standard InChI is InChI=1S/C17H23N3/c1-20-16-11-12(10-14-4-2-3-9-18-14)5-8-15(16)19-17(20)13-6-7-13/h5,8,11,13-14,18H,2-4,6-7,9-10H2,1H3. The van der Waals surface area contributed by atoms with Crippen LogP contribution in [0.15, 0.2) is 18.2 Å². The van der Waals surface area contributed by atoms with Gasteiger partial charge in [-0.1, -0.05) is 12.5 Å². The molecule has 20 heavy (non-hydrogen) atoms. The van der Waals surface area contributed by atoms with Crippen LogP contribution in [0.3, 0.4) is 0 Å². The van der Waals surface area contributed by atoms with Gasteiger partial charge in [0.1, 0.15) is 5.82 Å². The third-order valence-electron chi connectivity index (χ3n) is 4.82. The maximum atomic E-state index is 4.81. The first kappa shape index (κ1) is 12.4. The van der Waals surface area contributed by atoms with Crippen molar-refractivity contribution in [1.82, 2.24) is 14.9 Å². The molecular formula is C17H23N3. The number of nitrogens with one attached hydrogen (secondary N) is 1. The lowest BCUT2D eigenvalue weighted by Gasteiger charge is -2.23. The average molecular weight is 269 g/mol. The molecule has 4 rings (SSSR count). The minimum atomic E-state index is 0.664. The molecule has 1 saturated heterocycles. The number of benzene rings is 1. The lowest BCUT2D eigenvalue weighted by molar-refractivity contribution is 0.399. The smallest absolute Gasteiger partial charge is 0.112 e. The predicted octanol–water partition coefficient (Wildman–Crippen LogP) is 3.14. The first-order valence-electron chi connectivity index (χ1n) is 8.00. The first-order chi connectivity index (χ1) is 9.81. The Balaban J connectivity index is 1.62. The summed E-state index contributed by atoms with van der Waals surface area (Å²) in [6.45, 7) is 1.18. The average Bonchev–Trinajstić information content (AvgIpc) is 3.26. The van der Waals surface area contributed by atoms with E-state index >= 15 is 0 Å². The molecule has 1 unspecified atom stereocenters. The van der Waals surface area contributed by atoms with Crippen molar-refractivity contribution in [2.24, 2.45) is 7.05 Å². The lowest BCUT2D eigenvalue weighted by atomic mass is 9.97. The zero-order valence-electron chi connectivity index (χ0n) is 12.2. The second-order valence-electron chi connectivity index (χ2n) is 6.48. The number of hydrogen-bond acceptors (Lipinski definition) is 2. The van der Waals surface area contributed by atoms with Crippen molar-refractivity contribution in [3.8, 4) is 0 Å². The molecule has 1 aliphatic carbocycles. The summed E-state index contributed by atoms with van der Waals surface area (Å²) in [6.07, 6.45) is 7.81. The highest BCUT2D eigenvalue weighted by Crippen LogP contribution is 2.40. The summed E-state index contributed by atoms with van der Waals surface area (Å²) in [5, 5.41) is 3.64. The van der Waals surface area contributed by atoms with Crippen molar-refractivity contribution >= 4 is 11.0 Å². The second-order valence-corrected chi connectivity index (χ2v) is 6.48. The van der Waals surface area contributed by atoms with Crippen LogP contribution in [0, 0.1) is 0 Å². The van der Waals surface area contributed by atoms with E-state index in [0.717, 1.165) is 17.9 Å². The predicted molar refractivity (Wildman–Crippen MR) is 82.0 cm³/mol. The van der Waals surface area contributed by atoms with Gasteiger partial charge in [0.25, 0.3) is 0 Å². The summed E-state index contributed by atoms with van der Waals surface area (Å²) in [6, 6.07) is 7.49. The quantitative estimate of drug-likeness (QED) is 0.927. The van der Waals surface area contributed by atoms with E-state index in [0.29, 0.717) is 6.04 Å². The summed E-state index contributed by atoms with van der Waals surface area (Å²) in [7, 11) is 2.17. The van der Waals surface area contributed by atoms with Gasteiger partial charge in [0.2, 0.25) is 0 Å². The third-order valence-corrected chi connectivity index (χ3v) is 4.82. The Morgan fingerprint density at radius 2 is 2.15 bits per heavy atom. The fourth-order valence-corrected chi connectivity index (χ4v) is 3.47. The number of nitrogens with zero attached hydrogens (tertiary/aromatic N) is 2. The maximum Gasteiger partial charge on any atom is 0.112 e. The molecule has 0 amide bonds. The highest BCUT2D eigenvalue weighted by atomic mass is 15.1. The van der Waals surface area contributed by atoms with Crippen molar-refractivity contribution < 1.29 is 0 Å².